The van der Waals surface area contributed by atoms with Crippen LogP contribution in [0.5, 0.6) is 0 Å². The Morgan fingerprint density at radius 1 is 1.32 bits per heavy atom. The molecule has 1 fully saturated rings. The lowest BCUT2D eigenvalue weighted by molar-refractivity contribution is -0.384. The van der Waals surface area contributed by atoms with Crippen molar-refractivity contribution >= 4 is 28.9 Å². The fourth-order valence-corrected chi connectivity index (χ4v) is 3.90. The number of carbonyl (C=O) groups excluding carboxylic acids is 2. The molecule has 1 aliphatic heterocycles. The van der Waals surface area contributed by atoms with Crippen LogP contribution in [-0.4, -0.2) is 35.4 Å². The van der Waals surface area contributed by atoms with Gasteiger partial charge in [0.15, 0.2) is 0 Å². The Balaban J connectivity index is 1.97. The lowest BCUT2D eigenvalue weighted by atomic mass is 10.1. The van der Waals surface area contributed by atoms with Crippen molar-refractivity contribution in [3.05, 3.63) is 61.8 Å². The number of nitrogens with zero attached hydrogens (tertiary/aromatic N) is 2. The van der Waals surface area contributed by atoms with Crippen molar-refractivity contribution in [3.63, 3.8) is 0 Å². The van der Waals surface area contributed by atoms with Crippen LogP contribution in [0, 0.1) is 10.1 Å². The fraction of sp³-hybridized carbons (Fsp3) is 0.294. The van der Waals surface area contributed by atoms with E-state index in [1.807, 2.05) is 17.5 Å². The second-order valence-electron chi connectivity index (χ2n) is 5.69. The maximum absolute atomic E-state index is 12.9. The van der Waals surface area contributed by atoms with Gasteiger partial charge >= 0.3 is 5.97 Å². The van der Waals surface area contributed by atoms with Gasteiger partial charge in [-0.2, -0.15) is 0 Å². The Labute approximate surface area is 148 Å². The number of hydrogen-bond donors (Lipinski definition) is 0. The number of non-ortho nitro benzene ring substituents is 1. The van der Waals surface area contributed by atoms with Gasteiger partial charge in [-0.15, -0.1) is 11.3 Å². The molecule has 25 heavy (non-hydrogen) atoms. The van der Waals surface area contributed by atoms with Crippen molar-refractivity contribution in [1.29, 1.82) is 0 Å². The normalized spacial score (nSPS) is 16.7. The topological polar surface area (TPSA) is 89.8 Å². The summed E-state index contributed by atoms with van der Waals surface area (Å²) in [7, 11) is 1.19. The number of thiophene rings is 1. The molecule has 1 aliphatic rings. The zero-order valence-electron chi connectivity index (χ0n) is 13.5. The first kappa shape index (κ1) is 17.1. The molecule has 7 nitrogen and oxygen atoms in total. The van der Waals surface area contributed by atoms with Crippen molar-refractivity contribution in [2.45, 2.75) is 18.9 Å². The van der Waals surface area contributed by atoms with Gasteiger partial charge in [0.2, 0.25) is 0 Å². The van der Waals surface area contributed by atoms with Gasteiger partial charge in [-0.05, 0) is 30.4 Å². The first-order valence-electron chi connectivity index (χ1n) is 7.73. The molecule has 1 amide bonds. The third-order valence-electron chi connectivity index (χ3n) is 4.18. The maximum Gasteiger partial charge on any atom is 0.338 e. The summed E-state index contributed by atoms with van der Waals surface area (Å²) in [4.78, 5) is 38.0. The van der Waals surface area contributed by atoms with Crippen LogP contribution in [0.15, 0.2) is 35.7 Å². The smallest absolute Gasteiger partial charge is 0.338 e. The molecule has 0 N–H and O–H groups in total. The molecule has 0 saturated carbocycles. The number of benzene rings is 1. The molecule has 2 heterocycles. The summed E-state index contributed by atoms with van der Waals surface area (Å²) in [6, 6.07) is 7.55. The van der Waals surface area contributed by atoms with Crippen molar-refractivity contribution in [3.8, 4) is 0 Å². The van der Waals surface area contributed by atoms with E-state index in [1.54, 1.807) is 16.2 Å². The van der Waals surface area contributed by atoms with Crippen LogP contribution in [0.2, 0.25) is 0 Å². The molecule has 2 aromatic rings. The predicted molar refractivity (Wildman–Crippen MR) is 91.8 cm³/mol. The van der Waals surface area contributed by atoms with Gasteiger partial charge in [0, 0.05) is 29.1 Å². The van der Waals surface area contributed by atoms with E-state index in [0.717, 1.165) is 23.8 Å². The Hall–Kier alpha value is -2.74. The summed E-state index contributed by atoms with van der Waals surface area (Å²) in [6.07, 6.45) is 1.72. The van der Waals surface area contributed by atoms with Crippen molar-refractivity contribution in [1.82, 2.24) is 4.90 Å². The van der Waals surface area contributed by atoms with Crippen LogP contribution in [0.1, 0.15) is 44.5 Å². The minimum atomic E-state index is -0.714. The largest absolute Gasteiger partial charge is 0.465 e. The van der Waals surface area contributed by atoms with Crippen LogP contribution in [0.25, 0.3) is 0 Å². The minimum Gasteiger partial charge on any atom is -0.465 e. The second-order valence-corrected chi connectivity index (χ2v) is 6.67. The molecule has 130 valence electrons. The van der Waals surface area contributed by atoms with Crippen molar-refractivity contribution in [2.75, 3.05) is 13.7 Å². The SMILES string of the molecule is COC(=O)c1cc(C(=O)N2CCC[C@H]2c2cccs2)cc([N+](=O)[O-])c1. The summed E-state index contributed by atoms with van der Waals surface area (Å²) < 4.78 is 4.63. The molecule has 0 spiro atoms. The first-order chi connectivity index (χ1) is 12.0. The highest BCUT2D eigenvalue weighted by Crippen LogP contribution is 2.35. The van der Waals surface area contributed by atoms with E-state index in [9.17, 15) is 19.7 Å². The van der Waals surface area contributed by atoms with E-state index in [1.165, 1.54) is 19.2 Å². The lowest BCUT2D eigenvalue weighted by Crippen LogP contribution is -2.30. The number of nitro groups is 1. The van der Waals surface area contributed by atoms with E-state index in [4.69, 9.17) is 0 Å². The third kappa shape index (κ3) is 3.39. The average Bonchev–Trinajstić information content (AvgIpc) is 3.30. The minimum absolute atomic E-state index is 0.00748. The number of nitro benzene ring substituents is 1. The van der Waals surface area contributed by atoms with Gasteiger partial charge in [-0.3, -0.25) is 14.9 Å². The average molecular weight is 360 g/mol. The Kier molecular flexibility index (Phi) is 4.80. The summed E-state index contributed by atoms with van der Waals surface area (Å²) in [5, 5.41) is 13.1. The van der Waals surface area contributed by atoms with E-state index in [-0.39, 0.29) is 28.8 Å². The Morgan fingerprint density at radius 2 is 2.08 bits per heavy atom. The maximum atomic E-state index is 12.9. The second kappa shape index (κ2) is 7.02. The van der Waals surface area contributed by atoms with Crippen LogP contribution < -0.4 is 0 Å². The van der Waals surface area contributed by atoms with Gasteiger partial charge in [-0.25, -0.2) is 4.79 Å². The van der Waals surface area contributed by atoms with Gasteiger partial charge < -0.3 is 9.64 Å². The summed E-state index contributed by atoms with van der Waals surface area (Å²) in [5.74, 6) is -1.03. The van der Waals surface area contributed by atoms with Crippen molar-refractivity contribution < 1.29 is 19.2 Å². The molecule has 1 aromatic carbocycles. The highest BCUT2D eigenvalue weighted by molar-refractivity contribution is 7.10. The summed E-state index contributed by atoms with van der Waals surface area (Å²) >= 11 is 1.58. The zero-order chi connectivity index (χ0) is 18.0. The molecule has 1 aromatic heterocycles. The van der Waals surface area contributed by atoms with Crippen LogP contribution in [-0.2, 0) is 4.74 Å². The quantitative estimate of drug-likeness (QED) is 0.473. The molecule has 8 heteroatoms. The van der Waals surface area contributed by atoms with Crippen LogP contribution in [0.4, 0.5) is 5.69 Å². The predicted octanol–water partition coefficient (Wildman–Crippen LogP) is 3.42. The van der Waals surface area contributed by atoms with E-state index in [0.29, 0.717) is 6.54 Å². The van der Waals surface area contributed by atoms with Gasteiger partial charge in [-0.1, -0.05) is 6.07 Å². The number of likely N-dealkylation sites (tertiary alicyclic amines) is 1. The van der Waals surface area contributed by atoms with Crippen LogP contribution in [0.3, 0.4) is 0 Å². The molecule has 1 atom stereocenters. The van der Waals surface area contributed by atoms with E-state index >= 15 is 0 Å². The molecule has 3 rings (SSSR count). The molecule has 0 unspecified atom stereocenters. The number of rotatable bonds is 4. The number of esters is 1. The number of amides is 1. The fourth-order valence-electron chi connectivity index (χ4n) is 3.03. The van der Waals surface area contributed by atoms with E-state index < -0.39 is 10.9 Å². The lowest BCUT2D eigenvalue weighted by Gasteiger charge is -2.24. The molecule has 0 bridgehead atoms. The van der Waals surface area contributed by atoms with Gasteiger partial charge in [0.25, 0.3) is 11.6 Å². The highest BCUT2D eigenvalue weighted by Gasteiger charge is 2.32. The zero-order valence-corrected chi connectivity index (χ0v) is 14.3. The standard InChI is InChI=1S/C17H16N2O5S/c1-24-17(21)12-8-11(9-13(10-12)19(22)23)16(20)18-6-2-4-14(18)15-5-3-7-25-15/h3,5,7-10,14H,2,4,6H2,1H3/t14-/m0/s1. The number of methoxy groups -OCH3 is 1. The number of hydrogen-bond acceptors (Lipinski definition) is 6. The third-order valence-corrected chi connectivity index (χ3v) is 5.16. The first-order valence-corrected chi connectivity index (χ1v) is 8.61. The summed E-state index contributed by atoms with van der Waals surface area (Å²) in [5.41, 5.74) is -0.192. The monoisotopic (exact) mass is 360 g/mol. The van der Waals surface area contributed by atoms with E-state index in [2.05, 4.69) is 4.74 Å². The highest BCUT2D eigenvalue weighted by atomic mass is 32.1. The Bertz CT molecular complexity index is 818. The summed E-state index contributed by atoms with van der Waals surface area (Å²) in [6.45, 7) is 0.581. The van der Waals surface area contributed by atoms with Gasteiger partial charge in [0.05, 0.1) is 23.6 Å². The molecule has 0 aliphatic carbocycles. The molecular weight excluding hydrogens is 344 g/mol. The van der Waals surface area contributed by atoms with Crippen LogP contribution >= 0.6 is 11.3 Å². The van der Waals surface area contributed by atoms with Gasteiger partial charge in [0.1, 0.15) is 0 Å². The number of ether oxygens (including phenoxy) is 1. The molecule has 1 saturated heterocycles. The molecular formula is C17H16N2O5S. The Morgan fingerprint density at radius 3 is 2.72 bits per heavy atom. The van der Waals surface area contributed by atoms with Crippen molar-refractivity contribution in [2.24, 2.45) is 0 Å². The molecule has 0 radical (unpaired) electrons. The number of carbonyl (C=O) groups is 2.